The second kappa shape index (κ2) is 5.80. The summed E-state index contributed by atoms with van der Waals surface area (Å²) in [4.78, 5) is 0. The largest absolute Gasteiger partial charge is 0.377 e. The van der Waals surface area contributed by atoms with Gasteiger partial charge in [0.05, 0.1) is 6.10 Å². The Bertz CT molecular complexity index is 380. The van der Waals surface area contributed by atoms with Crippen molar-refractivity contribution < 1.29 is 9.13 Å². The summed E-state index contributed by atoms with van der Waals surface area (Å²) in [6.07, 6.45) is 2.55. The molecule has 94 valence electrons. The summed E-state index contributed by atoms with van der Waals surface area (Å²) < 4.78 is 18.5. The molecule has 1 aliphatic heterocycles. The van der Waals surface area contributed by atoms with Crippen LogP contribution in [0.5, 0.6) is 0 Å². The van der Waals surface area contributed by atoms with Gasteiger partial charge in [0.2, 0.25) is 0 Å². The van der Waals surface area contributed by atoms with Crippen LogP contribution >= 0.6 is 11.6 Å². The molecule has 0 radical (unpaired) electrons. The first-order valence-electron chi connectivity index (χ1n) is 5.97. The van der Waals surface area contributed by atoms with E-state index in [0.29, 0.717) is 11.1 Å². The fourth-order valence-corrected chi connectivity index (χ4v) is 2.41. The summed E-state index contributed by atoms with van der Waals surface area (Å²) >= 11 is 6.01. The van der Waals surface area contributed by atoms with Crippen LogP contribution in [0.3, 0.4) is 0 Å². The first-order chi connectivity index (χ1) is 8.16. The molecular formula is C13H17ClFNO. The molecule has 0 aromatic heterocycles. The van der Waals surface area contributed by atoms with Crippen LogP contribution in [0.25, 0.3) is 0 Å². The minimum absolute atomic E-state index is 0.104. The van der Waals surface area contributed by atoms with Gasteiger partial charge in [-0.1, -0.05) is 17.7 Å². The highest BCUT2D eigenvalue weighted by Crippen LogP contribution is 2.24. The van der Waals surface area contributed by atoms with Gasteiger partial charge in [-0.3, -0.25) is 0 Å². The maximum atomic E-state index is 12.9. The highest BCUT2D eigenvalue weighted by molar-refractivity contribution is 6.31. The number of hydrogen-bond acceptors (Lipinski definition) is 2. The van der Waals surface area contributed by atoms with Crippen molar-refractivity contribution in [2.45, 2.75) is 31.9 Å². The van der Waals surface area contributed by atoms with Gasteiger partial charge in [0.1, 0.15) is 5.82 Å². The molecule has 0 saturated carbocycles. The van der Waals surface area contributed by atoms with Crippen LogP contribution in [-0.2, 0) is 4.74 Å². The molecule has 2 unspecified atom stereocenters. The number of benzene rings is 1. The first-order valence-corrected chi connectivity index (χ1v) is 6.34. The normalized spacial score (nSPS) is 21.7. The van der Waals surface area contributed by atoms with Crippen LogP contribution < -0.4 is 5.32 Å². The molecule has 1 heterocycles. The molecular weight excluding hydrogens is 241 g/mol. The average molecular weight is 258 g/mol. The summed E-state index contributed by atoms with van der Waals surface area (Å²) in [5.41, 5.74) is 0.922. The number of ether oxygens (including phenoxy) is 1. The minimum Gasteiger partial charge on any atom is -0.377 e. The molecule has 0 aliphatic carbocycles. The second-order valence-electron chi connectivity index (χ2n) is 4.43. The average Bonchev–Trinajstić information content (AvgIpc) is 2.78. The second-order valence-corrected chi connectivity index (χ2v) is 4.84. The standard InChI is InChI=1S/C13H17ClFNO/c1-9(16-8-11-3-2-6-17-11)12-5-4-10(15)7-13(12)14/h4-5,7,9,11,16H,2-3,6,8H2,1H3. The molecule has 1 saturated heterocycles. The van der Waals surface area contributed by atoms with E-state index in [1.807, 2.05) is 6.92 Å². The Morgan fingerprint density at radius 3 is 3.06 bits per heavy atom. The zero-order chi connectivity index (χ0) is 12.3. The molecule has 0 spiro atoms. The number of nitrogens with one attached hydrogen (secondary N) is 1. The third kappa shape index (κ3) is 3.41. The fraction of sp³-hybridized carbons (Fsp3) is 0.538. The van der Waals surface area contributed by atoms with Crippen LogP contribution in [-0.4, -0.2) is 19.3 Å². The summed E-state index contributed by atoms with van der Waals surface area (Å²) in [5.74, 6) is -0.301. The fourth-order valence-electron chi connectivity index (χ4n) is 2.08. The molecule has 1 fully saturated rings. The van der Waals surface area contributed by atoms with Crippen molar-refractivity contribution >= 4 is 11.6 Å². The molecule has 2 rings (SSSR count). The Labute approximate surface area is 106 Å². The van der Waals surface area contributed by atoms with E-state index in [-0.39, 0.29) is 11.9 Å². The highest BCUT2D eigenvalue weighted by Gasteiger charge is 2.17. The van der Waals surface area contributed by atoms with Gasteiger partial charge < -0.3 is 10.1 Å². The van der Waals surface area contributed by atoms with Crippen LogP contribution in [0.2, 0.25) is 5.02 Å². The van der Waals surface area contributed by atoms with E-state index in [1.165, 1.54) is 12.1 Å². The summed E-state index contributed by atoms with van der Waals surface area (Å²) in [6, 6.07) is 4.62. The topological polar surface area (TPSA) is 21.3 Å². The maximum absolute atomic E-state index is 12.9. The van der Waals surface area contributed by atoms with Crippen molar-refractivity contribution in [1.29, 1.82) is 0 Å². The van der Waals surface area contributed by atoms with E-state index in [9.17, 15) is 4.39 Å². The smallest absolute Gasteiger partial charge is 0.124 e. The number of hydrogen-bond donors (Lipinski definition) is 1. The third-order valence-corrected chi connectivity index (χ3v) is 3.43. The Balaban J connectivity index is 1.91. The Kier molecular flexibility index (Phi) is 4.37. The van der Waals surface area contributed by atoms with Crippen molar-refractivity contribution in [2.24, 2.45) is 0 Å². The van der Waals surface area contributed by atoms with Crippen molar-refractivity contribution in [1.82, 2.24) is 5.32 Å². The van der Waals surface area contributed by atoms with Crippen LogP contribution in [0, 0.1) is 5.82 Å². The molecule has 2 atom stereocenters. The zero-order valence-corrected chi connectivity index (χ0v) is 10.6. The molecule has 17 heavy (non-hydrogen) atoms. The third-order valence-electron chi connectivity index (χ3n) is 3.10. The van der Waals surface area contributed by atoms with E-state index in [4.69, 9.17) is 16.3 Å². The summed E-state index contributed by atoms with van der Waals surface area (Å²) in [5, 5.41) is 3.84. The predicted octanol–water partition coefficient (Wildman–Crippen LogP) is 3.31. The zero-order valence-electron chi connectivity index (χ0n) is 9.88. The maximum Gasteiger partial charge on any atom is 0.124 e. The molecule has 0 bridgehead atoms. The lowest BCUT2D eigenvalue weighted by atomic mass is 10.1. The van der Waals surface area contributed by atoms with Gasteiger partial charge in [0, 0.05) is 24.2 Å². The molecule has 1 aromatic rings. The first kappa shape index (κ1) is 12.8. The quantitative estimate of drug-likeness (QED) is 0.894. The van der Waals surface area contributed by atoms with E-state index < -0.39 is 0 Å². The Morgan fingerprint density at radius 2 is 2.41 bits per heavy atom. The van der Waals surface area contributed by atoms with Crippen molar-refractivity contribution in [3.8, 4) is 0 Å². The molecule has 1 aliphatic rings. The van der Waals surface area contributed by atoms with Gasteiger partial charge in [0.15, 0.2) is 0 Å². The van der Waals surface area contributed by atoms with Crippen LogP contribution in [0.1, 0.15) is 31.4 Å². The van der Waals surface area contributed by atoms with Crippen LogP contribution in [0.4, 0.5) is 4.39 Å². The lowest BCUT2D eigenvalue weighted by Crippen LogP contribution is -2.28. The van der Waals surface area contributed by atoms with Crippen molar-refractivity contribution in [3.63, 3.8) is 0 Å². The van der Waals surface area contributed by atoms with Gasteiger partial charge in [0.25, 0.3) is 0 Å². The van der Waals surface area contributed by atoms with Gasteiger partial charge in [-0.15, -0.1) is 0 Å². The van der Waals surface area contributed by atoms with Crippen LogP contribution in [0.15, 0.2) is 18.2 Å². The van der Waals surface area contributed by atoms with Gasteiger partial charge >= 0.3 is 0 Å². The van der Waals surface area contributed by atoms with Crippen molar-refractivity contribution in [2.75, 3.05) is 13.2 Å². The monoisotopic (exact) mass is 257 g/mol. The lowest BCUT2D eigenvalue weighted by molar-refractivity contribution is 0.108. The highest BCUT2D eigenvalue weighted by atomic mass is 35.5. The lowest BCUT2D eigenvalue weighted by Gasteiger charge is -2.18. The number of rotatable bonds is 4. The Morgan fingerprint density at radius 1 is 1.59 bits per heavy atom. The SMILES string of the molecule is CC(NCC1CCCO1)c1ccc(F)cc1Cl. The Hall–Kier alpha value is -0.640. The molecule has 4 heteroatoms. The number of halogens is 2. The predicted molar refractivity (Wildman–Crippen MR) is 66.8 cm³/mol. The van der Waals surface area contributed by atoms with E-state index in [2.05, 4.69) is 5.32 Å². The van der Waals surface area contributed by atoms with Gasteiger partial charge in [-0.05, 0) is 37.5 Å². The summed E-state index contributed by atoms with van der Waals surface area (Å²) in [6.45, 7) is 3.70. The van der Waals surface area contributed by atoms with E-state index in [1.54, 1.807) is 6.07 Å². The molecule has 1 aromatic carbocycles. The van der Waals surface area contributed by atoms with E-state index >= 15 is 0 Å². The van der Waals surface area contributed by atoms with E-state index in [0.717, 1.165) is 31.6 Å². The van der Waals surface area contributed by atoms with Crippen molar-refractivity contribution in [3.05, 3.63) is 34.6 Å². The molecule has 1 N–H and O–H groups in total. The molecule has 0 amide bonds. The molecule has 2 nitrogen and oxygen atoms in total. The summed E-state index contributed by atoms with van der Waals surface area (Å²) in [7, 11) is 0. The minimum atomic E-state index is -0.301. The van der Waals surface area contributed by atoms with Gasteiger partial charge in [-0.25, -0.2) is 4.39 Å². The van der Waals surface area contributed by atoms with Gasteiger partial charge in [-0.2, -0.15) is 0 Å².